The molecule has 0 radical (unpaired) electrons. The summed E-state index contributed by atoms with van der Waals surface area (Å²) in [6.45, 7) is 8.77. The van der Waals surface area contributed by atoms with Crippen molar-refractivity contribution in [2.45, 2.75) is 84.0 Å². The third kappa shape index (κ3) is 7.06. The van der Waals surface area contributed by atoms with E-state index in [1.165, 1.54) is 10.6 Å². The molecule has 4 aromatic rings. The molecule has 0 saturated carbocycles. The van der Waals surface area contributed by atoms with Crippen molar-refractivity contribution in [2.24, 2.45) is 0 Å². The van der Waals surface area contributed by atoms with E-state index in [1.807, 2.05) is 42.5 Å². The molecule has 2 aliphatic rings. The number of likely N-dealkylation sites (tertiary alicyclic amines) is 1. The molecule has 4 heterocycles. The Hall–Kier alpha value is -4.00. The molecule has 10 nitrogen and oxygen atoms in total. The van der Waals surface area contributed by atoms with Gasteiger partial charge in [-0.15, -0.1) is 0 Å². The Morgan fingerprint density at radius 2 is 1.75 bits per heavy atom. The number of aryl methyl sites for hydroxylation is 1. The Labute approximate surface area is 286 Å². The summed E-state index contributed by atoms with van der Waals surface area (Å²) in [5.74, 6) is 0.389. The Balaban J connectivity index is 1.42. The van der Waals surface area contributed by atoms with Crippen molar-refractivity contribution < 1.29 is 23.1 Å². The number of alkyl carbamates (subject to hydrolysis) is 1. The van der Waals surface area contributed by atoms with Gasteiger partial charge in [0.1, 0.15) is 22.8 Å². The highest BCUT2D eigenvalue weighted by molar-refractivity contribution is 9.10. The molecule has 254 valence electrons. The number of halogens is 2. The van der Waals surface area contributed by atoms with Crippen molar-refractivity contribution in [2.75, 3.05) is 13.1 Å². The van der Waals surface area contributed by atoms with E-state index in [2.05, 4.69) is 26.1 Å². The summed E-state index contributed by atoms with van der Waals surface area (Å²) in [5, 5.41) is 2.87. The summed E-state index contributed by atoms with van der Waals surface area (Å²) < 4.78 is 36.2. The van der Waals surface area contributed by atoms with Crippen LogP contribution in [0.3, 0.4) is 0 Å². The molecule has 1 amide bonds. The predicted octanol–water partition coefficient (Wildman–Crippen LogP) is 6.15. The van der Waals surface area contributed by atoms with E-state index in [1.54, 1.807) is 39.8 Å². The second-order valence-electron chi connectivity index (χ2n) is 13.5. The highest BCUT2D eigenvalue weighted by atomic mass is 79.9. The van der Waals surface area contributed by atoms with Crippen LogP contribution in [0, 0.1) is 12.7 Å². The van der Waals surface area contributed by atoms with Crippen LogP contribution in [-0.2, 0) is 41.3 Å². The zero-order chi connectivity index (χ0) is 34.2. The van der Waals surface area contributed by atoms with Gasteiger partial charge in [0.25, 0.3) is 5.56 Å². The lowest BCUT2D eigenvalue weighted by Gasteiger charge is -2.38. The molecule has 2 aromatic heterocycles. The standard InChI is InChI=1S/C36H40BrFN4O6/c1-23-9-8-12-27(38)26(23)20-41-29-22-46-36(15-17-40(18-16-36)19-25-13-14-30(37)47-25)31(29)32(43)42(34(41)45)21-28(24-10-6-5-7-11-24)39-33(44)48-35(2,3)4/h5-14,28H,15-22H2,1-4H3,(H,39,44)/t28-/m0/s1. The van der Waals surface area contributed by atoms with Gasteiger partial charge in [-0.3, -0.25) is 18.8 Å². The molecule has 12 heteroatoms. The Bertz CT molecular complexity index is 1900. The molecular weight excluding hydrogens is 683 g/mol. The first-order chi connectivity index (χ1) is 22.8. The maximum atomic E-state index is 15.2. The molecule has 1 spiro atoms. The minimum Gasteiger partial charge on any atom is -0.453 e. The first-order valence-electron chi connectivity index (χ1n) is 16.1. The van der Waals surface area contributed by atoms with Gasteiger partial charge in [-0.05, 0) is 85.8 Å². The molecule has 1 atom stereocenters. The van der Waals surface area contributed by atoms with Gasteiger partial charge in [-0.2, -0.15) is 0 Å². The van der Waals surface area contributed by atoms with Crippen LogP contribution in [0.4, 0.5) is 9.18 Å². The van der Waals surface area contributed by atoms with E-state index in [0.29, 0.717) is 65.1 Å². The van der Waals surface area contributed by atoms with Crippen LogP contribution in [-0.4, -0.2) is 38.8 Å². The highest BCUT2D eigenvalue weighted by Gasteiger charge is 2.47. The van der Waals surface area contributed by atoms with E-state index >= 15 is 4.39 Å². The van der Waals surface area contributed by atoms with E-state index in [4.69, 9.17) is 13.9 Å². The highest BCUT2D eigenvalue weighted by Crippen LogP contribution is 2.42. The largest absolute Gasteiger partial charge is 0.453 e. The molecular formula is C36H40BrFN4O6. The summed E-state index contributed by atoms with van der Waals surface area (Å²) in [6, 6.07) is 16.9. The number of furan rings is 1. The number of piperidine rings is 1. The third-order valence-corrected chi connectivity index (χ3v) is 9.50. The van der Waals surface area contributed by atoms with Gasteiger partial charge in [0.05, 0.1) is 43.5 Å². The van der Waals surface area contributed by atoms with Gasteiger partial charge in [-0.1, -0.05) is 42.5 Å². The zero-order valence-corrected chi connectivity index (χ0v) is 29.1. The molecule has 1 fully saturated rings. The zero-order valence-electron chi connectivity index (χ0n) is 27.6. The van der Waals surface area contributed by atoms with Crippen molar-refractivity contribution in [1.29, 1.82) is 0 Å². The van der Waals surface area contributed by atoms with E-state index in [0.717, 1.165) is 10.3 Å². The van der Waals surface area contributed by atoms with Crippen molar-refractivity contribution in [1.82, 2.24) is 19.4 Å². The number of amides is 1. The maximum absolute atomic E-state index is 15.2. The Morgan fingerprint density at radius 3 is 2.40 bits per heavy atom. The Kier molecular flexibility index (Phi) is 9.52. The number of aromatic nitrogens is 2. The van der Waals surface area contributed by atoms with Crippen LogP contribution in [0.2, 0.25) is 0 Å². The Morgan fingerprint density at radius 1 is 1.02 bits per heavy atom. The smallest absolute Gasteiger partial charge is 0.408 e. The van der Waals surface area contributed by atoms with Crippen LogP contribution in [0.25, 0.3) is 0 Å². The van der Waals surface area contributed by atoms with Gasteiger partial charge >= 0.3 is 11.8 Å². The topological polar surface area (TPSA) is 108 Å². The molecule has 1 N–H and O–H groups in total. The summed E-state index contributed by atoms with van der Waals surface area (Å²) in [7, 11) is 0. The van der Waals surface area contributed by atoms with Crippen molar-refractivity contribution in [3.63, 3.8) is 0 Å². The summed E-state index contributed by atoms with van der Waals surface area (Å²) in [5.41, 5.74) is -0.132. The lowest BCUT2D eigenvalue weighted by Crippen LogP contribution is -2.50. The number of ether oxygens (including phenoxy) is 2. The molecule has 0 unspecified atom stereocenters. The molecule has 0 aliphatic carbocycles. The van der Waals surface area contributed by atoms with Crippen LogP contribution in [0.5, 0.6) is 0 Å². The number of benzene rings is 2. The normalized spacial score (nSPS) is 16.5. The number of hydrogen-bond donors (Lipinski definition) is 1. The van der Waals surface area contributed by atoms with Crippen molar-refractivity contribution >= 4 is 22.0 Å². The number of rotatable bonds is 8. The van der Waals surface area contributed by atoms with E-state index in [9.17, 15) is 14.4 Å². The second-order valence-corrected chi connectivity index (χ2v) is 14.3. The first kappa shape index (κ1) is 33.9. The van der Waals surface area contributed by atoms with Crippen molar-refractivity contribution in [3.8, 4) is 0 Å². The van der Waals surface area contributed by atoms with Crippen molar-refractivity contribution in [3.05, 3.63) is 126 Å². The third-order valence-electron chi connectivity index (χ3n) is 9.08. The van der Waals surface area contributed by atoms with E-state index in [-0.39, 0.29) is 19.7 Å². The molecule has 2 aliphatic heterocycles. The lowest BCUT2D eigenvalue weighted by molar-refractivity contribution is -0.0816. The van der Waals surface area contributed by atoms with Gasteiger partial charge in [0.15, 0.2) is 4.67 Å². The van der Waals surface area contributed by atoms with Crippen LogP contribution < -0.4 is 16.6 Å². The summed E-state index contributed by atoms with van der Waals surface area (Å²) in [6.07, 6.45) is 0.363. The van der Waals surface area contributed by atoms with Gasteiger partial charge in [0.2, 0.25) is 0 Å². The fourth-order valence-electron chi connectivity index (χ4n) is 6.65. The minimum absolute atomic E-state index is 0.0531. The number of carbonyl (C=O) groups excluding carboxylic acids is 1. The molecule has 48 heavy (non-hydrogen) atoms. The molecule has 2 aromatic carbocycles. The molecule has 0 bridgehead atoms. The average Bonchev–Trinajstić information content (AvgIpc) is 3.61. The van der Waals surface area contributed by atoms with Gasteiger partial charge in [0, 0.05) is 18.7 Å². The quantitative estimate of drug-likeness (QED) is 0.233. The fourth-order valence-corrected chi connectivity index (χ4v) is 6.99. The van der Waals surface area contributed by atoms with E-state index < -0.39 is 40.4 Å². The van der Waals surface area contributed by atoms with Crippen LogP contribution in [0.1, 0.15) is 73.4 Å². The molecule has 6 rings (SSSR count). The molecule has 1 saturated heterocycles. The lowest BCUT2D eigenvalue weighted by atomic mass is 9.85. The monoisotopic (exact) mass is 722 g/mol. The number of carbonyl (C=O) groups is 1. The first-order valence-corrected chi connectivity index (χ1v) is 16.9. The number of hydrogen-bond acceptors (Lipinski definition) is 7. The fraction of sp³-hybridized carbons (Fsp3) is 0.417. The van der Waals surface area contributed by atoms with Gasteiger partial charge < -0.3 is 19.2 Å². The predicted molar refractivity (Wildman–Crippen MR) is 181 cm³/mol. The summed E-state index contributed by atoms with van der Waals surface area (Å²) in [4.78, 5) is 44.2. The number of nitrogens with one attached hydrogen (secondary N) is 1. The van der Waals surface area contributed by atoms with Crippen LogP contribution >= 0.6 is 15.9 Å². The van der Waals surface area contributed by atoms with Gasteiger partial charge in [-0.25, -0.2) is 14.0 Å². The average molecular weight is 724 g/mol. The minimum atomic E-state index is -0.922. The number of fused-ring (bicyclic) bond motifs is 2. The SMILES string of the molecule is Cc1cccc(F)c1Cn1c2c(c(=O)n(C[C@H](NC(=O)OC(C)(C)C)c3ccccc3)c1=O)C1(CCN(Cc3ccc(Br)o3)CC1)OC2. The number of nitrogens with zero attached hydrogens (tertiary/aromatic N) is 3. The summed E-state index contributed by atoms with van der Waals surface area (Å²) >= 11 is 3.36. The second kappa shape index (κ2) is 13.5. The van der Waals surface area contributed by atoms with Crippen LogP contribution in [0.15, 0.2) is 79.3 Å². The maximum Gasteiger partial charge on any atom is 0.408 e.